The van der Waals surface area contributed by atoms with Gasteiger partial charge in [-0.15, -0.1) is 0 Å². The fourth-order valence-corrected chi connectivity index (χ4v) is 9.29. The van der Waals surface area contributed by atoms with Crippen molar-refractivity contribution < 1.29 is 8.83 Å². The van der Waals surface area contributed by atoms with Gasteiger partial charge in [-0.1, -0.05) is 146 Å². The third-order valence-corrected chi connectivity index (χ3v) is 11.8. The molecule has 58 heavy (non-hydrogen) atoms. The molecular weight excluding hydrogens is 707 g/mol. The van der Waals surface area contributed by atoms with Gasteiger partial charge in [-0.05, 0) is 88.0 Å². The number of allylic oxidation sites excluding steroid dienone is 1. The highest BCUT2D eigenvalue weighted by molar-refractivity contribution is 6.43. The van der Waals surface area contributed by atoms with Crippen LogP contribution >= 0.6 is 0 Å². The Labute approximate surface area is 334 Å². The predicted octanol–water partition coefficient (Wildman–Crippen LogP) is 15.6. The smallest absolute Gasteiger partial charge is 0.143 e. The third kappa shape index (κ3) is 5.07. The van der Waals surface area contributed by atoms with Crippen molar-refractivity contribution in [2.24, 2.45) is 0 Å². The number of rotatable bonds is 7. The van der Waals surface area contributed by atoms with Crippen molar-refractivity contribution in [2.45, 2.75) is 6.42 Å². The Balaban J connectivity index is 1.06. The summed E-state index contributed by atoms with van der Waals surface area (Å²) in [5, 5.41) is 11.5. The van der Waals surface area contributed by atoms with E-state index < -0.39 is 0 Å². The maximum absolute atomic E-state index is 6.99. The zero-order valence-corrected chi connectivity index (χ0v) is 31.5. The van der Waals surface area contributed by atoms with Crippen LogP contribution in [0.2, 0.25) is 0 Å². The van der Waals surface area contributed by atoms with Gasteiger partial charge in [-0.2, -0.15) is 0 Å². The number of nitrogens with zero attached hydrogens (tertiary/aromatic N) is 1. The average molecular weight is 742 g/mol. The zero-order chi connectivity index (χ0) is 38.2. The Hall–Kier alpha value is -7.62. The van der Waals surface area contributed by atoms with Crippen LogP contribution in [0.3, 0.4) is 0 Å². The van der Waals surface area contributed by atoms with Crippen LogP contribution in [0.15, 0.2) is 203 Å². The minimum absolute atomic E-state index is 0.840. The van der Waals surface area contributed by atoms with Crippen LogP contribution in [0.25, 0.3) is 87.8 Å². The first-order chi connectivity index (χ1) is 28.8. The van der Waals surface area contributed by atoms with Crippen molar-refractivity contribution in [1.29, 1.82) is 0 Å². The molecule has 0 atom stereocenters. The molecule has 0 amide bonds. The molecule has 3 heteroatoms. The summed E-state index contributed by atoms with van der Waals surface area (Å²) in [6, 6.07) is 69.0. The SMILES string of the molecule is C(=C(Cc1ccccc1)c1ccccc1)c1ccc2c(c1)oc1c3cccc4c5c6ccc(N(c7ccccc7)c7ccccc7)cc6oc5c5cccc(c21)c5c34. The van der Waals surface area contributed by atoms with Crippen LogP contribution < -0.4 is 4.90 Å². The lowest BCUT2D eigenvalue weighted by molar-refractivity contribution is 0.672. The number of fused-ring (bicyclic) bond motifs is 10. The molecule has 2 heterocycles. The van der Waals surface area contributed by atoms with Gasteiger partial charge in [-0.3, -0.25) is 0 Å². The summed E-state index contributed by atoms with van der Waals surface area (Å²) in [6.07, 6.45) is 3.15. The topological polar surface area (TPSA) is 29.5 Å². The van der Waals surface area contributed by atoms with Crippen LogP contribution in [0, 0.1) is 0 Å². The van der Waals surface area contributed by atoms with Gasteiger partial charge < -0.3 is 13.7 Å². The van der Waals surface area contributed by atoms with Gasteiger partial charge in [0.05, 0.1) is 0 Å². The molecule has 0 spiro atoms. The van der Waals surface area contributed by atoms with Gasteiger partial charge in [0, 0.05) is 66.2 Å². The van der Waals surface area contributed by atoms with Gasteiger partial charge in [-0.25, -0.2) is 0 Å². The maximum atomic E-state index is 6.99. The number of para-hydroxylation sites is 2. The van der Waals surface area contributed by atoms with E-state index in [4.69, 9.17) is 8.83 Å². The molecule has 0 unspecified atom stereocenters. The molecule has 12 rings (SSSR count). The van der Waals surface area contributed by atoms with Crippen LogP contribution in [-0.2, 0) is 6.42 Å². The Morgan fingerprint density at radius 2 is 0.897 bits per heavy atom. The van der Waals surface area contributed by atoms with Gasteiger partial charge in [0.1, 0.15) is 22.3 Å². The summed E-state index contributed by atoms with van der Waals surface area (Å²) < 4.78 is 14.0. The molecule has 0 radical (unpaired) electrons. The molecule has 2 aromatic heterocycles. The van der Waals surface area contributed by atoms with Gasteiger partial charge in [0.2, 0.25) is 0 Å². The van der Waals surface area contributed by atoms with Crippen molar-refractivity contribution in [3.05, 3.63) is 211 Å². The van der Waals surface area contributed by atoms with Crippen LogP contribution in [0.1, 0.15) is 16.7 Å². The van der Waals surface area contributed by atoms with Crippen molar-refractivity contribution in [1.82, 2.24) is 0 Å². The highest BCUT2D eigenvalue weighted by Gasteiger charge is 2.24. The van der Waals surface area contributed by atoms with E-state index in [2.05, 4.69) is 205 Å². The molecule has 10 aromatic carbocycles. The molecule has 0 aliphatic carbocycles. The first-order valence-corrected chi connectivity index (χ1v) is 19.9. The number of furan rings is 2. The van der Waals surface area contributed by atoms with Gasteiger partial charge >= 0.3 is 0 Å². The van der Waals surface area contributed by atoms with Crippen molar-refractivity contribution in [3.63, 3.8) is 0 Å². The fraction of sp³-hybridized carbons (Fsp3) is 0.0182. The summed E-state index contributed by atoms with van der Waals surface area (Å²) in [5.74, 6) is 0. The van der Waals surface area contributed by atoms with Crippen molar-refractivity contribution in [3.8, 4) is 0 Å². The molecule has 0 aliphatic rings. The Morgan fingerprint density at radius 3 is 1.48 bits per heavy atom. The number of benzene rings is 10. The van der Waals surface area contributed by atoms with Gasteiger partial charge in [0.25, 0.3) is 0 Å². The van der Waals surface area contributed by atoms with E-state index in [-0.39, 0.29) is 0 Å². The summed E-state index contributed by atoms with van der Waals surface area (Å²) >= 11 is 0. The highest BCUT2D eigenvalue weighted by atomic mass is 16.3. The largest absolute Gasteiger partial charge is 0.455 e. The second kappa shape index (κ2) is 13.0. The second-order valence-electron chi connectivity index (χ2n) is 15.2. The standard InChI is InChI=1S/C55H35NO2/c1-5-15-35(16-6-1)31-38(37-17-7-2-8-18-37)32-36-27-29-42-48(33-36)57-54-46-25-14-24-45-51(46)50-44(52(42)54)23-13-26-47(50)55-53(45)43-30-28-41(34-49(43)58-55)56(39-19-9-3-10-20-39)40-21-11-4-12-22-40/h1-30,32-34H,31H2. The molecule has 0 bridgehead atoms. The quantitative estimate of drug-likeness (QED) is 0.120. The summed E-state index contributed by atoms with van der Waals surface area (Å²) in [4.78, 5) is 2.28. The molecule has 3 nitrogen and oxygen atoms in total. The lowest BCUT2D eigenvalue weighted by Crippen LogP contribution is -2.09. The van der Waals surface area contributed by atoms with E-state index in [0.29, 0.717) is 0 Å². The first kappa shape index (κ1) is 32.6. The molecule has 0 fully saturated rings. The molecule has 12 aromatic rings. The van der Waals surface area contributed by atoms with E-state index in [1.165, 1.54) is 38.2 Å². The summed E-state index contributed by atoms with van der Waals surface area (Å²) in [5.41, 5.74) is 11.7. The molecule has 0 aliphatic heterocycles. The molecule has 0 N–H and O–H groups in total. The van der Waals surface area contributed by atoms with Crippen molar-refractivity contribution in [2.75, 3.05) is 4.90 Å². The van der Waals surface area contributed by atoms with E-state index in [1.807, 2.05) is 0 Å². The first-order valence-electron chi connectivity index (χ1n) is 19.9. The average Bonchev–Trinajstić information content (AvgIpc) is 3.87. The van der Waals surface area contributed by atoms with E-state index in [1.54, 1.807) is 0 Å². The second-order valence-corrected chi connectivity index (χ2v) is 15.2. The summed E-state index contributed by atoms with van der Waals surface area (Å²) in [7, 11) is 0. The van der Waals surface area contributed by atoms with E-state index >= 15 is 0 Å². The lowest BCUT2D eigenvalue weighted by atomic mass is 9.89. The zero-order valence-electron chi connectivity index (χ0n) is 31.5. The molecule has 272 valence electrons. The van der Waals surface area contributed by atoms with Crippen LogP contribution in [0.4, 0.5) is 17.1 Å². The Bertz CT molecular complexity index is 3470. The molecular formula is C55H35NO2. The summed E-state index contributed by atoms with van der Waals surface area (Å²) in [6.45, 7) is 0. The minimum atomic E-state index is 0.840. The molecule has 0 saturated carbocycles. The van der Waals surface area contributed by atoms with Gasteiger partial charge in [0.15, 0.2) is 0 Å². The maximum Gasteiger partial charge on any atom is 0.143 e. The Morgan fingerprint density at radius 1 is 0.397 bits per heavy atom. The molecule has 0 saturated heterocycles. The third-order valence-electron chi connectivity index (χ3n) is 11.8. The van der Waals surface area contributed by atoms with E-state index in [9.17, 15) is 0 Å². The lowest BCUT2D eigenvalue weighted by Gasteiger charge is -2.25. The van der Waals surface area contributed by atoms with Crippen molar-refractivity contribution >= 4 is 105 Å². The fourth-order valence-electron chi connectivity index (χ4n) is 9.29. The minimum Gasteiger partial charge on any atom is -0.455 e. The predicted molar refractivity (Wildman–Crippen MR) is 244 cm³/mol. The monoisotopic (exact) mass is 741 g/mol. The van der Waals surface area contributed by atoms with Crippen LogP contribution in [-0.4, -0.2) is 0 Å². The highest BCUT2D eigenvalue weighted by Crippen LogP contribution is 2.50. The van der Waals surface area contributed by atoms with Crippen LogP contribution in [0.5, 0.6) is 0 Å². The number of hydrogen-bond donors (Lipinski definition) is 0. The normalized spacial score (nSPS) is 12.3. The Kier molecular flexibility index (Phi) is 7.29. The number of anilines is 3. The number of hydrogen-bond acceptors (Lipinski definition) is 3. The van der Waals surface area contributed by atoms with E-state index in [0.717, 1.165) is 83.7 Å².